The van der Waals surface area contributed by atoms with E-state index in [9.17, 15) is 4.79 Å². The molecule has 1 aromatic carbocycles. The predicted octanol–water partition coefficient (Wildman–Crippen LogP) is 2.67. The maximum Gasteiger partial charge on any atom is 0.257 e. The SMILES string of the molecule is CNC(=O)COc1cccc(N[C@H](C)c2nc(C(C)(C)C)no2)c1. The number of amides is 1. The van der Waals surface area contributed by atoms with Crippen LogP contribution in [0.15, 0.2) is 28.8 Å². The Morgan fingerprint density at radius 1 is 1.38 bits per heavy atom. The summed E-state index contributed by atoms with van der Waals surface area (Å²) in [5, 5.41) is 9.83. The van der Waals surface area contributed by atoms with Crippen molar-refractivity contribution in [1.82, 2.24) is 15.5 Å². The van der Waals surface area contributed by atoms with Crippen molar-refractivity contribution >= 4 is 11.6 Å². The van der Waals surface area contributed by atoms with E-state index in [-0.39, 0.29) is 24.0 Å². The smallest absolute Gasteiger partial charge is 0.257 e. The highest BCUT2D eigenvalue weighted by Gasteiger charge is 2.23. The van der Waals surface area contributed by atoms with Crippen molar-refractivity contribution in [1.29, 1.82) is 0 Å². The fourth-order valence-corrected chi connectivity index (χ4v) is 1.92. The Morgan fingerprint density at radius 3 is 2.75 bits per heavy atom. The van der Waals surface area contributed by atoms with E-state index < -0.39 is 0 Å². The van der Waals surface area contributed by atoms with Crippen molar-refractivity contribution in [2.75, 3.05) is 19.0 Å². The summed E-state index contributed by atoms with van der Waals surface area (Å²) in [5.41, 5.74) is 0.683. The Morgan fingerprint density at radius 2 is 2.12 bits per heavy atom. The number of benzene rings is 1. The molecule has 7 heteroatoms. The Balaban J connectivity index is 2.02. The molecule has 1 heterocycles. The standard InChI is InChI=1S/C17H24N4O3/c1-11(15-20-16(21-24-15)17(2,3)4)19-12-7-6-8-13(9-12)23-10-14(22)18-5/h6-9,11,19H,10H2,1-5H3,(H,18,22)/t11-/m1/s1. The molecule has 1 atom stereocenters. The molecular formula is C17H24N4O3. The highest BCUT2D eigenvalue weighted by Crippen LogP contribution is 2.24. The van der Waals surface area contributed by atoms with Crippen LogP contribution in [0.4, 0.5) is 5.69 Å². The summed E-state index contributed by atoms with van der Waals surface area (Å²) in [5.74, 6) is 1.63. The van der Waals surface area contributed by atoms with Crippen LogP contribution >= 0.6 is 0 Å². The quantitative estimate of drug-likeness (QED) is 0.845. The summed E-state index contributed by atoms with van der Waals surface area (Å²) < 4.78 is 10.8. The average molecular weight is 332 g/mol. The third-order valence-electron chi connectivity index (χ3n) is 3.35. The maximum atomic E-state index is 11.2. The molecule has 0 saturated carbocycles. The second-order valence-electron chi connectivity index (χ2n) is 6.56. The number of carbonyl (C=O) groups excluding carboxylic acids is 1. The lowest BCUT2D eigenvalue weighted by molar-refractivity contribution is -0.122. The number of ether oxygens (including phenoxy) is 1. The van der Waals surface area contributed by atoms with Gasteiger partial charge in [-0.05, 0) is 19.1 Å². The largest absolute Gasteiger partial charge is 0.484 e. The molecule has 0 unspecified atom stereocenters. The van der Waals surface area contributed by atoms with Gasteiger partial charge in [0, 0.05) is 24.2 Å². The summed E-state index contributed by atoms with van der Waals surface area (Å²) in [4.78, 5) is 15.7. The van der Waals surface area contributed by atoms with Gasteiger partial charge in [-0.25, -0.2) is 0 Å². The molecule has 2 rings (SSSR count). The molecule has 0 aliphatic carbocycles. The normalized spacial score (nSPS) is 12.5. The first kappa shape index (κ1) is 17.8. The Labute approximate surface area is 141 Å². The molecular weight excluding hydrogens is 308 g/mol. The number of nitrogens with one attached hydrogen (secondary N) is 2. The third kappa shape index (κ3) is 4.71. The van der Waals surface area contributed by atoms with Crippen LogP contribution < -0.4 is 15.4 Å². The molecule has 24 heavy (non-hydrogen) atoms. The average Bonchev–Trinajstić information content (AvgIpc) is 3.03. The molecule has 130 valence electrons. The van der Waals surface area contributed by atoms with Crippen molar-refractivity contribution in [2.24, 2.45) is 0 Å². The molecule has 0 aliphatic heterocycles. The van der Waals surface area contributed by atoms with Crippen molar-refractivity contribution < 1.29 is 14.1 Å². The monoisotopic (exact) mass is 332 g/mol. The first-order valence-electron chi connectivity index (χ1n) is 7.83. The van der Waals surface area contributed by atoms with E-state index in [1.165, 1.54) is 0 Å². The van der Waals surface area contributed by atoms with Crippen molar-refractivity contribution in [3.8, 4) is 5.75 Å². The summed E-state index contributed by atoms with van der Waals surface area (Å²) in [6, 6.07) is 7.22. The molecule has 0 radical (unpaired) electrons. The summed E-state index contributed by atoms with van der Waals surface area (Å²) in [7, 11) is 1.57. The number of hydrogen-bond donors (Lipinski definition) is 2. The highest BCUT2D eigenvalue weighted by molar-refractivity contribution is 5.77. The van der Waals surface area contributed by atoms with E-state index in [1.807, 2.05) is 45.9 Å². The van der Waals surface area contributed by atoms with E-state index in [0.29, 0.717) is 17.5 Å². The lowest BCUT2D eigenvalue weighted by Crippen LogP contribution is -2.24. The van der Waals surface area contributed by atoms with Gasteiger partial charge in [-0.3, -0.25) is 4.79 Å². The van der Waals surface area contributed by atoms with Gasteiger partial charge >= 0.3 is 0 Å². The van der Waals surface area contributed by atoms with Crippen LogP contribution in [0, 0.1) is 0 Å². The highest BCUT2D eigenvalue weighted by atomic mass is 16.5. The summed E-state index contributed by atoms with van der Waals surface area (Å²) in [6.45, 7) is 8.03. The van der Waals surface area contributed by atoms with Crippen LogP contribution in [-0.2, 0) is 10.2 Å². The minimum atomic E-state index is -0.178. The molecule has 0 aliphatic rings. The molecule has 0 spiro atoms. The van der Waals surface area contributed by atoms with Gasteiger partial charge in [-0.2, -0.15) is 4.98 Å². The van der Waals surface area contributed by atoms with Gasteiger partial charge < -0.3 is 19.9 Å². The van der Waals surface area contributed by atoms with Crippen molar-refractivity contribution in [2.45, 2.75) is 39.2 Å². The molecule has 0 bridgehead atoms. The molecule has 0 fully saturated rings. The Hall–Kier alpha value is -2.57. The first-order chi connectivity index (χ1) is 11.3. The van der Waals surface area contributed by atoms with Crippen molar-refractivity contribution in [3.05, 3.63) is 36.0 Å². The molecule has 1 amide bonds. The maximum absolute atomic E-state index is 11.2. The van der Waals surface area contributed by atoms with Gasteiger partial charge in [0.15, 0.2) is 12.4 Å². The molecule has 0 saturated heterocycles. The fourth-order valence-electron chi connectivity index (χ4n) is 1.92. The van der Waals surface area contributed by atoms with Gasteiger partial charge in [0.05, 0.1) is 0 Å². The number of likely N-dealkylation sites (N-methyl/N-ethyl adjacent to an activating group) is 1. The second kappa shape index (κ2) is 7.33. The molecule has 7 nitrogen and oxygen atoms in total. The zero-order valence-corrected chi connectivity index (χ0v) is 14.7. The minimum Gasteiger partial charge on any atom is -0.484 e. The number of rotatable bonds is 6. The van der Waals surface area contributed by atoms with Crippen LogP contribution in [0.5, 0.6) is 5.75 Å². The van der Waals surface area contributed by atoms with E-state index in [0.717, 1.165) is 5.69 Å². The van der Waals surface area contributed by atoms with Crippen LogP contribution in [0.3, 0.4) is 0 Å². The van der Waals surface area contributed by atoms with Crippen LogP contribution in [0.1, 0.15) is 45.5 Å². The topological polar surface area (TPSA) is 89.3 Å². The van der Waals surface area contributed by atoms with Crippen LogP contribution in [-0.4, -0.2) is 29.7 Å². The second-order valence-corrected chi connectivity index (χ2v) is 6.56. The van der Waals surface area contributed by atoms with E-state index in [1.54, 1.807) is 13.1 Å². The van der Waals surface area contributed by atoms with Gasteiger partial charge in [0.1, 0.15) is 11.8 Å². The van der Waals surface area contributed by atoms with Crippen molar-refractivity contribution in [3.63, 3.8) is 0 Å². The number of carbonyl (C=O) groups is 1. The van der Waals surface area contributed by atoms with Crippen LogP contribution in [0.2, 0.25) is 0 Å². The van der Waals surface area contributed by atoms with Gasteiger partial charge in [-0.15, -0.1) is 0 Å². The lowest BCUT2D eigenvalue weighted by atomic mass is 9.96. The summed E-state index contributed by atoms with van der Waals surface area (Å²) in [6.07, 6.45) is 0. The van der Waals surface area contributed by atoms with Gasteiger partial charge in [-0.1, -0.05) is 32.0 Å². The van der Waals surface area contributed by atoms with E-state index in [4.69, 9.17) is 9.26 Å². The number of hydrogen-bond acceptors (Lipinski definition) is 6. The fraction of sp³-hybridized carbons (Fsp3) is 0.471. The predicted molar refractivity (Wildman–Crippen MR) is 91.0 cm³/mol. The zero-order chi connectivity index (χ0) is 17.7. The molecule has 1 aromatic heterocycles. The van der Waals surface area contributed by atoms with E-state index >= 15 is 0 Å². The van der Waals surface area contributed by atoms with E-state index in [2.05, 4.69) is 20.8 Å². The minimum absolute atomic E-state index is 0.0197. The van der Waals surface area contributed by atoms with Gasteiger partial charge in [0.2, 0.25) is 5.89 Å². The van der Waals surface area contributed by atoms with Gasteiger partial charge in [0.25, 0.3) is 5.91 Å². The Kier molecular flexibility index (Phi) is 5.43. The molecule has 2 N–H and O–H groups in total. The lowest BCUT2D eigenvalue weighted by Gasteiger charge is -2.13. The van der Waals surface area contributed by atoms with Crippen LogP contribution in [0.25, 0.3) is 0 Å². The third-order valence-corrected chi connectivity index (χ3v) is 3.35. The molecule has 2 aromatic rings. The zero-order valence-electron chi connectivity index (χ0n) is 14.7. The summed E-state index contributed by atoms with van der Waals surface area (Å²) >= 11 is 0. The first-order valence-corrected chi connectivity index (χ1v) is 7.83. The number of nitrogens with zero attached hydrogens (tertiary/aromatic N) is 2. The Bertz CT molecular complexity index is 691. The number of anilines is 1. The number of aromatic nitrogens is 2.